The highest BCUT2D eigenvalue weighted by Gasteiger charge is 2.13. The van der Waals surface area contributed by atoms with Gasteiger partial charge in [-0.3, -0.25) is 5.10 Å². The van der Waals surface area contributed by atoms with Crippen LogP contribution in [0, 0.1) is 13.8 Å². The van der Waals surface area contributed by atoms with Gasteiger partial charge in [0, 0.05) is 23.8 Å². The van der Waals surface area contributed by atoms with Crippen LogP contribution < -0.4 is 5.32 Å². The normalized spacial score (nSPS) is 14.4. The summed E-state index contributed by atoms with van der Waals surface area (Å²) in [6.07, 6.45) is 3.81. The van der Waals surface area contributed by atoms with Gasteiger partial charge in [-0.1, -0.05) is 23.8 Å². The molecule has 1 heterocycles. The molecule has 96 valence electrons. The van der Waals surface area contributed by atoms with Gasteiger partial charge in [0.2, 0.25) is 0 Å². The van der Waals surface area contributed by atoms with E-state index in [1.54, 1.807) is 0 Å². The second-order valence-electron chi connectivity index (χ2n) is 5.00. The molecule has 18 heavy (non-hydrogen) atoms. The van der Waals surface area contributed by atoms with E-state index >= 15 is 0 Å². The third-order valence-electron chi connectivity index (χ3n) is 3.42. The summed E-state index contributed by atoms with van der Waals surface area (Å²) in [7, 11) is 0. The lowest BCUT2D eigenvalue weighted by atomic mass is 9.99. The molecule has 3 heteroatoms. The van der Waals surface area contributed by atoms with E-state index in [-0.39, 0.29) is 0 Å². The number of aromatic nitrogens is 2. The minimum Gasteiger partial charge on any atom is -0.304 e. The highest BCUT2D eigenvalue weighted by atomic mass is 15.1. The zero-order valence-electron chi connectivity index (χ0n) is 11.5. The Labute approximate surface area is 109 Å². The SMILES string of the molecule is Cc1ccc(C)c(C(C)NC(C)c2cn[nH]c2)c1. The third-order valence-corrected chi connectivity index (χ3v) is 3.42. The van der Waals surface area contributed by atoms with E-state index in [1.807, 2.05) is 12.4 Å². The first kappa shape index (κ1) is 12.8. The van der Waals surface area contributed by atoms with E-state index < -0.39 is 0 Å². The summed E-state index contributed by atoms with van der Waals surface area (Å²) in [5.74, 6) is 0. The second-order valence-corrected chi connectivity index (χ2v) is 5.00. The maximum atomic E-state index is 3.99. The van der Waals surface area contributed by atoms with E-state index in [9.17, 15) is 0 Å². The Morgan fingerprint density at radius 1 is 1.17 bits per heavy atom. The molecule has 0 fully saturated rings. The Kier molecular flexibility index (Phi) is 3.82. The molecule has 1 aromatic carbocycles. The molecule has 2 atom stereocenters. The van der Waals surface area contributed by atoms with E-state index in [0.717, 1.165) is 0 Å². The van der Waals surface area contributed by atoms with Crippen LogP contribution >= 0.6 is 0 Å². The Hall–Kier alpha value is -1.61. The van der Waals surface area contributed by atoms with Crippen LogP contribution in [0.15, 0.2) is 30.6 Å². The Morgan fingerprint density at radius 3 is 2.61 bits per heavy atom. The molecule has 2 N–H and O–H groups in total. The van der Waals surface area contributed by atoms with Crippen molar-refractivity contribution in [3.05, 3.63) is 52.8 Å². The van der Waals surface area contributed by atoms with Crippen LogP contribution in [0.1, 0.15) is 48.2 Å². The molecule has 0 saturated carbocycles. The lowest BCUT2D eigenvalue weighted by Crippen LogP contribution is -2.22. The fourth-order valence-corrected chi connectivity index (χ4v) is 2.29. The van der Waals surface area contributed by atoms with Crippen molar-refractivity contribution in [3.63, 3.8) is 0 Å². The number of rotatable bonds is 4. The zero-order valence-corrected chi connectivity index (χ0v) is 11.5. The largest absolute Gasteiger partial charge is 0.304 e. The molecule has 0 spiro atoms. The van der Waals surface area contributed by atoms with E-state index in [0.29, 0.717) is 12.1 Å². The molecule has 0 aliphatic carbocycles. The maximum absolute atomic E-state index is 3.99. The molecular formula is C15H21N3. The fourth-order valence-electron chi connectivity index (χ4n) is 2.29. The monoisotopic (exact) mass is 243 g/mol. The van der Waals surface area contributed by atoms with Gasteiger partial charge in [-0.15, -0.1) is 0 Å². The summed E-state index contributed by atoms with van der Waals surface area (Å²) in [5, 5.41) is 10.5. The molecule has 2 unspecified atom stereocenters. The van der Waals surface area contributed by atoms with Crippen molar-refractivity contribution in [1.29, 1.82) is 0 Å². The van der Waals surface area contributed by atoms with Crippen molar-refractivity contribution in [1.82, 2.24) is 15.5 Å². The molecule has 0 aliphatic rings. The molecule has 0 amide bonds. The molecule has 0 saturated heterocycles. The first-order valence-corrected chi connectivity index (χ1v) is 6.40. The van der Waals surface area contributed by atoms with Gasteiger partial charge in [-0.05, 0) is 38.8 Å². The van der Waals surface area contributed by atoms with Gasteiger partial charge in [0.15, 0.2) is 0 Å². The van der Waals surface area contributed by atoms with Crippen molar-refractivity contribution in [2.75, 3.05) is 0 Å². The van der Waals surface area contributed by atoms with Gasteiger partial charge in [0.25, 0.3) is 0 Å². The topological polar surface area (TPSA) is 40.7 Å². The summed E-state index contributed by atoms with van der Waals surface area (Å²) in [6.45, 7) is 8.66. The first-order valence-electron chi connectivity index (χ1n) is 6.40. The average Bonchev–Trinajstić information content (AvgIpc) is 2.85. The number of hydrogen-bond donors (Lipinski definition) is 2. The van der Waals surface area contributed by atoms with Crippen LogP contribution in [0.2, 0.25) is 0 Å². The second kappa shape index (κ2) is 5.36. The summed E-state index contributed by atoms with van der Waals surface area (Å²) in [5.41, 5.74) is 5.19. The van der Waals surface area contributed by atoms with Gasteiger partial charge in [0.1, 0.15) is 0 Å². The molecule has 2 rings (SSSR count). The minimum atomic E-state index is 0.290. The summed E-state index contributed by atoms with van der Waals surface area (Å²) < 4.78 is 0. The van der Waals surface area contributed by atoms with Gasteiger partial charge in [-0.2, -0.15) is 5.10 Å². The number of H-pyrrole nitrogens is 1. The van der Waals surface area contributed by atoms with Crippen LogP contribution in [-0.4, -0.2) is 10.2 Å². The van der Waals surface area contributed by atoms with E-state index in [1.165, 1.54) is 22.3 Å². The van der Waals surface area contributed by atoms with Crippen molar-refractivity contribution >= 4 is 0 Å². The Morgan fingerprint density at radius 2 is 1.94 bits per heavy atom. The predicted octanol–water partition coefficient (Wildman–Crippen LogP) is 3.44. The van der Waals surface area contributed by atoms with E-state index in [4.69, 9.17) is 0 Å². The van der Waals surface area contributed by atoms with Crippen LogP contribution in [0.4, 0.5) is 0 Å². The van der Waals surface area contributed by atoms with Crippen molar-refractivity contribution in [3.8, 4) is 0 Å². The number of aromatic amines is 1. The number of nitrogens with zero attached hydrogens (tertiary/aromatic N) is 1. The zero-order chi connectivity index (χ0) is 13.1. The molecular weight excluding hydrogens is 222 g/mol. The quantitative estimate of drug-likeness (QED) is 0.863. The van der Waals surface area contributed by atoms with Crippen LogP contribution in [0.3, 0.4) is 0 Å². The molecule has 1 aromatic heterocycles. The number of nitrogens with one attached hydrogen (secondary N) is 2. The maximum Gasteiger partial charge on any atom is 0.0534 e. The molecule has 0 bridgehead atoms. The van der Waals surface area contributed by atoms with Crippen LogP contribution in [0.5, 0.6) is 0 Å². The molecule has 0 radical (unpaired) electrons. The lowest BCUT2D eigenvalue weighted by molar-refractivity contribution is 0.493. The minimum absolute atomic E-state index is 0.290. The fraction of sp³-hybridized carbons (Fsp3) is 0.400. The van der Waals surface area contributed by atoms with E-state index in [2.05, 4.69) is 61.4 Å². The van der Waals surface area contributed by atoms with Gasteiger partial charge >= 0.3 is 0 Å². The number of hydrogen-bond acceptors (Lipinski definition) is 2. The summed E-state index contributed by atoms with van der Waals surface area (Å²) in [6, 6.07) is 7.22. The Balaban J connectivity index is 2.12. The highest BCUT2D eigenvalue weighted by molar-refractivity contribution is 5.32. The first-order chi connectivity index (χ1) is 8.58. The van der Waals surface area contributed by atoms with Crippen molar-refractivity contribution in [2.45, 2.75) is 39.8 Å². The average molecular weight is 243 g/mol. The number of aryl methyl sites for hydroxylation is 2. The molecule has 3 nitrogen and oxygen atoms in total. The number of benzene rings is 1. The van der Waals surface area contributed by atoms with Gasteiger partial charge in [-0.25, -0.2) is 0 Å². The summed E-state index contributed by atoms with van der Waals surface area (Å²) in [4.78, 5) is 0. The molecule has 2 aromatic rings. The standard InChI is InChI=1S/C15H21N3/c1-10-5-6-11(2)15(7-10)13(4)18-12(3)14-8-16-17-9-14/h5-9,12-13,18H,1-4H3,(H,16,17). The van der Waals surface area contributed by atoms with Crippen molar-refractivity contribution < 1.29 is 0 Å². The third kappa shape index (κ3) is 2.79. The predicted molar refractivity (Wildman–Crippen MR) is 74.5 cm³/mol. The van der Waals surface area contributed by atoms with Gasteiger partial charge in [0.05, 0.1) is 6.20 Å². The van der Waals surface area contributed by atoms with Gasteiger partial charge < -0.3 is 5.32 Å². The van der Waals surface area contributed by atoms with Crippen LogP contribution in [0.25, 0.3) is 0 Å². The Bertz CT molecular complexity index is 502. The van der Waals surface area contributed by atoms with Crippen molar-refractivity contribution in [2.24, 2.45) is 0 Å². The smallest absolute Gasteiger partial charge is 0.0534 e. The summed E-state index contributed by atoms with van der Waals surface area (Å²) >= 11 is 0. The molecule has 0 aliphatic heterocycles. The lowest BCUT2D eigenvalue weighted by Gasteiger charge is -2.21. The highest BCUT2D eigenvalue weighted by Crippen LogP contribution is 2.22. The van der Waals surface area contributed by atoms with Crippen LogP contribution in [-0.2, 0) is 0 Å².